The summed E-state index contributed by atoms with van der Waals surface area (Å²) in [5.74, 6) is -0.971. The summed E-state index contributed by atoms with van der Waals surface area (Å²) in [6.07, 6.45) is -4.02. The topological polar surface area (TPSA) is 77.9 Å². The Kier molecular flexibility index (Phi) is 6.30. The highest BCUT2D eigenvalue weighted by Gasteiger charge is 2.40. The van der Waals surface area contributed by atoms with Gasteiger partial charge in [0.1, 0.15) is 0 Å². The number of carboxylic acids is 1. The number of alkyl halides is 3. The van der Waals surface area contributed by atoms with Crippen LogP contribution < -0.4 is 0 Å². The van der Waals surface area contributed by atoms with Gasteiger partial charge in [-0.25, -0.2) is 8.42 Å². The second-order valence-electron chi connectivity index (χ2n) is 6.09. The van der Waals surface area contributed by atoms with Gasteiger partial charge >= 0.3 is 12.1 Å². The number of hydrogen-bond donors (Lipinski definition) is 1. The molecule has 146 valence electrons. The van der Waals surface area contributed by atoms with Gasteiger partial charge in [0.2, 0.25) is 10.0 Å². The first-order valence-electron chi connectivity index (χ1n) is 8.19. The molecule has 1 aliphatic heterocycles. The van der Waals surface area contributed by atoms with Crippen LogP contribution in [0.4, 0.5) is 13.2 Å². The molecule has 26 heavy (non-hydrogen) atoms. The molecular weight excluding hydrogens is 373 g/mol. The van der Waals surface area contributed by atoms with Gasteiger partial charge in [-0.2, -0.15) is 17.5 Å². The van der Waals surface area contributed by atoms with Gasteiger partial charge in [-0.3, -0.25) is 9.69 Å². The number of nitrogens with zero attached hydrogens (tertiary/aromatic N) is 2. The van der Waals surface area contributed by atoms with Crippen molar-refractivity contribution < 1.29 is 31.5 Å². The van der Waals surface area contributed by atoms with Crippen LogP contribution in [0.3, 0.4) is 0 Å². The Balaban J connectivity index is 2.18. The summed E-state index contributed by atoms with van der Waals surface area (Å²) in [6.45, 7) is 2.27. The average Bonchev–Trinajstić information content (AvgIpc) is 2.59. The molecule has 0 amide bonds. The fourth-order valence-corrected chi connectivity index (χ4v) is 4.87. The molecule has 2 rings (SSSR count). The van der Waals surface area contributed by atoms with E-state index in [4.69, 9.17) is 5.11 Å². The zero-order valence-corrected chi connectivity index (χ0v) is 15.1. The third kappa shape index (κ3) is 4.54. The van der Waals surface area contributed by atoms with Crippen molar-refractivity contribution in [3.8, 4) is 0 Å². The second kappa shape index (κ2) is 7.93. The lowest BCUT2D eigenvalue weighted by Crippen LogP contribution is -2.48. The van der Waals surface area contributed by atoms with Crippen molar-refractivity contribution in [3.05, 3.63) is 29.8 Å². The van der Waals surface area contributed by atoms with Gasteiger partial charge in [-0.1, -0.05) is 19.1 Å². The zero-order valence-electron chi connectivity index (χ0n) is 14.2. The Morgan fingerprint density at radius 1 is 1.27 bits per heavy atom. The zero-order chi connectivity index (χ0) is 19.5. The molecule has 10 heteroatoms. The number of halogens is 3. The summed E-state index contributed by atoms with van der Waals surface area (Å²) in [5.41, 5.74) is -1.18. The van der Waals surface area contributed by atoms with E-state index in [0.717, 1.165) is 22.5 Å². The van der Waals surface area contributed by atoms with Crippen LogP contribution in [0.5, 0.6) is 0 Å². The Morgan fingerprint density at radius 2 is 1.85 bits per heavy atom. The van der Waals surface area contributed by atoms with Crippen LogP contribution in [0.25, 0.3) is 0 Å². The first kappa shape index (κ1) is 20.7. The Bertz CT molecular complexity index is 744. The Morgan fingerprint density at radius 3 is 2.35 bits per heavy atom. The van der Waals surface area contributed by atoms with E-state index in [-0.39, 0.29) is 25.7 Å². The van der Waals surface area contributed by atoms with Crippen molar-refractivity contribution in [2.45, 2.75) is 36.9 Å². The SMILES string of the molecule is CCN(CC(=O)O)C1CCN(S(=O)(=O)c2ccccc2C(F)(F)F)CC1. The summed E-state index contributed by atoms with van der Waals surface area (Å²) in [5, 5.41) is 8.93. The Hall–Kier alpha value is -1.65. The summed E-state index contributed by atoms with van der Waals surface area (Å²) in [4.78, 5) is 11.9. The van der Waals surface area contributed by atoms with Gasteiger partial charge in [0.05, 0.1) is 17.0 Å². The number of carboxylic acid groups (broad SMARTS) is 1. The number of piperidine rings is 1. The molecule has 1 saturated heterocycles. The van der Waals surface area contributed by atoms with Crippen LogP contribution in [-0.4, -0.2) is 60.9 Å². The maximum Gasteiger partial charge on any atom is 0.417 e. The van der Waals surface area contributed by atoms with E-state index < -0.39 is 32.6 Å². The molecule has 1 aromatic carbocycles. The molecule has 0 unspecified atom stereocenters. The van der Waals surface area contributed by atoms with Gasteiger partial charge in [0.15, 0.2) is 0 Å². The molecule has 6 nitrogen and oxygen atoms in total. The number of aliphatic carboxylic acids is 1. The van der Waals surface area contributed by atoms with Gasteiger partial charge < -0.3 is 5.11 Å². The standard InChI is InChI=1S/C16H21F3N2O4S/c1-2-20(11-15(22)23)12-7-9-21(10-8-12)26(24,25)14-6-4-3-5-13(14)16(17,18)19/h3-6,12H,2,7-11H2,1H3,(H,22,23). The minimum absolute atomic E-state index is 0.0509. The van der Waals surface area contributed by atoms with E-state index in [2.05, 4.69) is 0 Å². The van der Waals surface area contributed by atoms with Gasteiger partial charge in [-0.15, -0.1) is 0 Å². The monoisotopic (exact) mass is 394 g/mol. The smallest absolute Gasteiger partial charge is 0.417 e. The highest BCUT2D eigenvalue weighted by molar-refractivity contribution is 7.89. The van der Waals surface area contributed by atoms with Crippen LogP contribution in [0.15, 0.2) is 29.2 Å². The lowest BCUT2D eigenvalue weighted by atomic mass is 10.0. The highest BCUT2D eigenvalue weighted by atomic mass is 32.2. The normalized spacial score (nSPS) is 17.6. The van der Waals surface area contributed by atoms with E-state index in [1.54, 1.807) is 4.90 Å². The summed E-state index contributed by atoms with van der Waals surface area (Å²) >= 11 is 0. The molecule has 1 aromatic rings. The average molecular weight is 394 g/mol. The van der Waals surface area contributed by atoms with Crippen molar-refractivity contribution in [3.63, 3.8) is 0 Å². The molecule has 0 radical (unpaired) electrons. The Labute approximate surface area is 150 Å². The molecule has 0 aliphatic carbocycles. The van der Waals surface area contributed by atoms with E-state index in [0.29, 0.717) is 19.4 Å². The molecule has 0 spiro atoms. The van der Waals surface area contributed by atoms with Gasteiger partial charge in [-0.05, 0) is 31.5 Å². The molecular formula is C16H21F3N2O4S. The molecule has 0 saturated carbocycles. The predicted molar refractivity (Wildman–Crippen MR) is 88.1 cm³/mol. The minimum Gasteiger partial charge on any atom is -0.480 e. The number of rotatable bonds is 6. The van der Waals surface area contributed by atoms with E-state index >= 15 is 0 Å². The van der Waals surface area contributed by atoms with Crippen molar-refractivity contribution in [2.75, 3.05) is 26.2 Å². The molecule has 1 N–H and O–H groups in total. The van der Waals surface area contributed by atoms with E-state index in [9.17, 15) is 26.4 Å². The van der Waals surface area contributed by atoms with Crippen molar-refractivity contribution in [1.29, 1.82) is 0 Å². The highest BCUT2D eigenvalue weighted by Crippen LogP contribution is 2.35. The second-order valence-corrected chi connectivity index (χ2v) is 7.99. The van der Waals surface area contributed by atoms with Crippen molar-refractivity contribution in [2.24, 2.45) is 0 Å². The van der Waals surface area contributed by atoms with Crippen LogP contribution >= 0.6 is 0 Å². The fourth-order valence-electron chi connectivity index (χ4n) is 3.19. The number of hydrogen-bond acceptors (Lipinski definition) is 4. The lowest BCUT2D eigenvalue weighted by molar-refractivity contribution is -0.140. The summed E-state index contributed by atoms with van der Waals surface area (Å²) < 4.78 is 65.8. The van der Waals surface area contributed by atoms with Crippen LogP contribution in [0.2, 0.25) is 0 Å². The third-order valence-corrected chi connectivity index (χ3v) is 6.45. The van der Waals surface area contributed by atoms with Crippen LogP contribution in [0, 0.1) is 0 Å². The molecule has 0 aromatic heterocycles. The van der Waals surface area contributed by atoms with Crippen molar-refractivity contribution in [1.82, 2.24) is 9.21 Å². The molecule has 0 atom stereocenters. The summed E-state index contributed by atoms with van der Waals surface area (Å²) in [7, 11) is -4.28. The number of benzene rings is 1. The van der Waals surface area contributed by atoms with E-state index in [1.165, 1.54) is 6.07 Å². The lowest BCUT2D eigenvalue weighted by Gasteiger charge is -2.37. The van der Waals surface area contributed by atoms with Gasteiger partial charge in [0.25, 0.3) is 0 Å². The van der Waals surface area contributed by atoms with E-state index in [1.807, 2.05) is 6.92 Å². The minimum atomic E-state index is -4.76. The summed E-state index contributed by atoms with van der Waals surface area (Å²) in [6, 6.07) is 4.03. The van der Waals surface area contributed by atoms with Crippen LogP contribution in [-0.2, 0) is 21.0 Å². The van der Waals surface area contributed by atoms with Gasteiger partial charge in [0, 0.05) is 19.1 Å². The first-order chi connectivity index (χ1) is 12.1. The van der Waals surface area contributed by atoms with Crippen LogP contribution in [0.1, 0.15) is 25.3 Å². The van der Waals surface area contributed by atoms with Crippen molar-refractivity contribution >= 4 is 16.0 Å². The first-order valence-corrected chi connectivity index (χ1v) is 9.63. The third-order valence-electron chi connectivity index (χ3n) is 4.49. The maximum absolute atomic E-state index is 13.1. The quantitative estimate of drug-likeness (QED) is 0.801. The molecule has 0 bridgehead atoms. The number of sulfonamides is 1. The number of likely N-dealkylation sites (N-methyl/N-ethyl adjacent to an activating group) is 1. The largest absolute Gasteiger partial charge is 0.480 e. The molecule has 1 heterocycles. The predicted octanol–water partition coefficient (Wildman–Crippen LogP) is 2.27. The number of carbonyl (C=O) groups is 1. The fraction of sp³-hybridized carbons (Fsp3) is 0.562. The molecule has 1 fully saturated rings. The maximum atomic E-state index is 13.1. The molecule has 1 aliphatic rings.